The Hall–Kier alpha value is -2.05. The summed E-state index contributed by atoms with van der Waals surface area (Å²) in [5.74, 6) is 0.547. The maximum atomic E-state index is 11.6. The summed E-state index contributed by atoms with van der Waals surface area (Å²) in [4.78, 5) is 21.1. The molecular formula is C14H23N5O2. The van der Waals surface area contributed by atoms with Crippen molar-refractivity contribution < 1.29 is 9.90 Å². The first-order valence-electron chi connectivity index (χ1n) is 7.08. The van der Waals surface area contributed by atoms with E-state index in [1.807, 2.05) is 0 Å². The maximum absolute atomic E-state index is 11.6. The molecule has 2 rings (SSSR count). The number of carbonyl (C=O) groups is 1. The quantitative estimate of drug-likeness (QED) is 0.787. The molecular weight excluding hydrogens is 270 g/mol. The van der Waals surface area contributed by atoms with Gasteiger partial charge >= 0.3 is 6.09 Å². The summed E-state index contributed by atoms with van der Waals surface area (Å²) in [7, 11) is 0. The minimum absolute atomic E-state index is 0.198. The number of nitrogens with one attached hydrogen (secondary N) is 1. The van der Waals surface area contributed by atoms with Gasteiger partial charge in [-0.2, -0.15) is 0 Å². The van der Waals surface area contributed by atoms with Crippen LogP contribution in [0.5, 0.6) is 0 Å². The van der Waals surface area contributed by atoms with E-state index < -0.39 is 11.6 Å². The van der Waals surface area contributed by atoms with Gasteiger partial charge in [0, 0.05) is 13.1 Å². The van der Waals surface area contributed by atoms with E-state index >= 15 is 0 Å². The Morgan fingerprint density at radius 2 is 2.29 bits per heavy atom. The van der Waals surface area contributed by atoms with Crippen LogP contribution in [-0.2, 0) is 0 Å². The number of hydrogen-bond donors (Lipinski definition) is 3. The van der Waals surface area contributed by atoms with Gasteiger partial charge < -0.3 is 21.1 Å². The molecule has 21 heavy (non-hydrogen) atoms. The molecule has 0 aromatic carbocycles. The molecule has 4 N–H and O–H groups in total. The van der Waals surface area contributed by atoms with Crippen LogP contribution in [-0.4, -0.2) is 44.7 Å². The van der Waals surface area contributed by atoms with E-state index in [1.165, 1.54) is 12.5 Å². The van der Waals surface area contributed by atoms with Crippen LogP contribution in [0.3, 0.4) is 0 Å². The molecule has 0 spiro atoms. The first kappa shape index (κ1) is 15.3. The van der Waals surface area contributed by atoms with Gasteiger partial charge in [0.25, 0.3) is 0 Å². The molecule has 0 saturated carbocycles. The van der Waals surface area contributed by atoms with Gasteiger partial charge in [-0.05, 0) is 18.3 Å². The lowest BCUT2D eigenvalue weighted by molar-refractivity contribution is 0.0400. The van der Waals surface area contributed by atoms with Gasteiger partial charge in [-0.1, -0.05) is 20.8 Å². The van der Waals surface area contributed by atoms with E-state index in [2.05, 4.69) is 36.1 Å². The molecule has 1 aliphatic heterocycles. The predicted molar refractivity (Wildman–Crippen MR) is 81.1 cm³/mol. The summed E-state index contributed by atoms with van der Waals surface area (Å²) in [5.41, 5.74) is 5.62. The van der Waals surface area contributed by atoms with Crippen molar-refractivity contribution in [3.05, 3.63) is 12.5 Å². The van der Waals surface area contributed by atoms with Crippen molar-refractivity contribution in [2.24, 2.45) is 5.41 Å². The van der Waals surface area contributed by atoms with E-state index in [4.69, 9.17) is 5.73 Å². The lowest BCUT2D eigenvalue weighted by Gasteiger charge is -2.47. The highest BCUT2D eigenvalue weighted by Crippen LogP contribution is 2.43. The highest BCUT2D eigenvalue weighted by atomic mass is 16.4. The van der Waals surface area contributed by atoms with Crippen molar-refractivity contribution in [1.82, 2.24) is 14.9 Å². The maximum Gasteiger partial charge on any atom is 0.407 e. The second kappa shape index (κ2) is 5.38. The number of nitrogens with two attached hydrogens (primary N) is 1. The Labute approximate surface area is 124 Å². The lowest BCUT2D eigenvalue weighted by Crippen LogP contribution is -2.59. The van der Waals surface area contributed by atoms with Gasteiger partial charge in [-0.25, -0.2) is 14.8 Å². The monoisotopic (exact) mass is 293 g/mol. The number of hydrogen-bond acceptors (Lipinski definition) is 5. The van der Waals surface area contributed by atoms with Crippen molar-refractivity contribution in [3.8, 4) is 0 Å². The summed E-state index contributed by atoms with van der Waals surface area (Å²) in [6.45, 7) is 7.25. The number of amides is 1. The molecule has 1 aromatic rings. The van der Waals surface area contributed by atoms with Gasteiger partial charge in [0.1, 0.15) is 6.33 Å². The normalized spacial score (nSPS) is 22.3. The predicted octanol–water partition coefficient (Wildman–Crippen LogP) is 2.03. The van der Waals surface area contributed by atoms with Gasteiger partial charge in [-0.3, -0.25) is 0 Å². The molecule has 1 aromatic heterocycles. The first-order valence-corrected chi connectivity index (χ1v) is 7.08. The summed E-state index contributed by atoms with van der Waals surface area (Å²) in [6.07, 6.45) is 3.76. The van der Waals surface area contributed by atoms with Crippen LogP contribution >= 0.6 is 0 Å². The molecule has 0 radical (unpaired) electrons. The summed E-state index contributed by atoms with van der Waals surface area (Å²) < 4.78 is 0. The number of carboxylic acid groups (broad SMARTS) is 1. The van der Waals surface area contributed by atoms with Crippen LogP contribution in [0, 0.1) is 5.41 Å². The molecule has 7 nitrogen and oxygen atoms in total. The van der Waals surface area contributed by atoms with Crippen molar-refractivity contribution in [1.29, 1.82) is 0 Å². The number of nitrogen functional groups attached to an aromatic ring is 1. The fraction of sp³-hybridized carbons (Fsp3) is 0.643. The lowest BCUT2D eigenvalue weighted by atomic mass is 9.71. The Morgan fingerprint density at radius 3 is 2.86 bits per heavy atom. The molecule has 1 atom stereocenters. The number of anilines is 2. The SMILES string of the molecule is CC(C)(C)[C@]1(CNc2ncncc2N)CCCN1C(=O)O. The van der Waals surface area contributed by atoms with Crippen LogP contribution in [0.1, 0.15) is 33.6 Å². The van der Waals surface area contributed by atoms with E-state index in [0.717, 1.165) is 12.8 Å². The third-order valence-corrected chi connectivity index (χ3v) is 4.40. The summed E-state index contributed by atoms with van der Waals surface area (Å²) >= 11 is 0. The van der Waals surface area contributed by atoms with Gasteiger partial charge in [0.05, 0.1) is 17.4 Å². The minimum Gasteiger partial charge on any atom is -0.465 e. The minimum atomic E-state index is -0.875. The van der Waals surface area contributed by atoms with Crippen molar-refractivity contribution in [2.45, 2.75) is 39.2 Å². The number of rotatable bonds is 3. The van der Waals surface area contributed by atoms with Crippen LogP contribution in [0.4, 0.5) is 16.3 Å². The van der Waals surface area contributed by atoms with Gasteiger partial charge in [0.15, 0.2) is 5.82 Å². The van der Waals surface area contributed by atoms with E-state index in [9.17, 15) is 9.90 Å². The third-order valence-electron chi connectivity index (χ3n) is 4.40. The number of likely N-dealkylation sites (tertiary alicyclic amines) is 1. The van der Waals surface area contributed by atoms with Crippen LogP contribution in [0.15, 0.2) is 12.5 Å². The average molecular weight is 293 g/mol. The zero-order chi connectivity index (χ0) is 15.7. The zero-order valence-corrected chi connectivity index (χ0v) is 12.8. The first-order chi connectivity index (χ1) is 9.78. The Kier molecular flexibility index (Phi) is 3.93. The van der Waals surface area contributed by atoms with E-state index in [-0.39, 0.29) is 5.41 Å². The Morgan fingerprint density at radius 1 is 1.57 bits per heavy atom. The van der Waals surface area contributed by atoms with Crippen molar-refractivity contribution >= 4 is 17.6 Å². The second-order valence-corrected chi connectivity index (χ2v) is 6.50. The van der Waals surface area contributed by atoms with Crippen LogP contribution in [0.2, 0.25) is 0 Å². The van der Waals surface area contributed by atoms with Gasteiger partial charge in [0.2, 0.25) is 0 Å². The molecule has 1 aliphatic rings. The fourth-order valence-corrected chi connectivity index (χ4v) is 3.10. The molecule has 0 bridgehead atoms. The van der Waals surface area contributed by atoms with Gasteiger partial charge in [-0.15, -0.1) is 0 Å². The Balaban J connectivity index is 2.26. The fourth-order valence-electron chi connectivity index (χ4n) is 3.10. The molecule has 1 amide bonds. The van der Waals surface area contributed by atoms with Crippen LogP contribution in [0.25, 0.3) is 0 Å². The smallest absolute Gasteiger partial charge is 0.407 e. The highest BCUT2D eigenvalue weighted by molar-refractivity contribution is 5.67. The molecule has 0 aliphatic carbocycles. The standard InChI is InChI=1S/C14H23N5O2/c1-13(2,3)14(5-4-6-19(14)12(20)21)8-17-11-10(15)7-16-9-18-11/h7,9H,4-6,8,15H2,1-3H3,(H,20,21)(H,16,17,18)/t14-/m1/s1. The zero-order valence-electron chi connectivity index (χ0n) is 12.8. The summed E-state index contributed by atoms with van der Waals surface area (Å²) in [5, 5.41) is 12.7. The highest BCUT2D eigenvalue weighted by Gasteiger charge is 2.51. The molecule has 7 heteroatoms. The summed E-state index contributed by atoms with van der Waals surface area (Å²) in [6, 6.07) is 0. The molecule has 0 unspecified atom stereocenters. The Bertz CT molecular complexity index is 528. The molecule has 1 fully saturated rings. The topological polar surface area (TPSA) is 104 Å². The number of aromatic nitrogens is 2. The second-order valence-electron chi connectivity index (χ2n) is 6.50. The molecule has 116 valence electrons. The van der Waals surface area contributed by atoms with Crippen LogP contribution < -0.4 is 11.1 Å². The largest absolute Gasteiger partial charge is 0.465 e. The average Bonchev–Trinajstić information content (AvgIpc) is 2.82. The molecule has 1 saturated heterocycles. The van der Waals surface area contributed by atoms with Crippen molar-refractivity contribution in [3.63, 3.8) is 0 Å². The van der Waals surface area contributed by atoms with Crippen molar-refractivity contribution in [2.75, 3.05) is 24.1 Å². The molecule has 2 heterocycles. The van der Waals surface area contributed by atoms with E-state index in [0.29, 0.717) is 24.6 Å². The van der Waals surface area contributed by atoms with E-state index in [1.54, 1.807) is 4.90 Å². The third kappa shape index (κ3) is 2.72. The number of nitrogens with zero attached hydrogens (tertiary/aromatic N) is 3.